The first-order chi connectivity index (χ1) is 18.2. The number of benzene rings is 3. The highest BCUT2D eigenvalue weighted by Crippen LogP contribution is 2.41. The van der Waals surface area contributed by atoms with Gasteiger partial charge in [-0.1, -0.05) is 24.3 Å². The molecule has 1 amide bonds. The van der Waals surface area contributed by atoms with Crippen LogP contribution in [0.1, 0.15) is 50.4 Å². The number of aliphatic hydroxyl groups excluding tert-OH is 1. The first-order valence-electron chi connectivity index (χ1n) is 12.6. The number of ketones is 1. The molecule has 0 radical (unpaired) electrons. The Morgan fingerprint density at radius 2 is 1.45 bits per heavy atom. The van der Waals surface area contributed by atoms with Gasteiger partial charge in [0.2, 0.25) is 0 Å². The third kappa shape index (κ3) is 5.83. The summed E-state index contributed by atoms with van der Waals surface area (Å²) >= 11 is 0. The first-order valence-corrected chi connectivity index (χ1v) is 12.6. The number of nitrogens with zero attached hydrogens (tertiary/aromatic N) is 1. The van der Waals surface area contributed by atoms with Crippen LogP contribution >= 0.6 is 0 Å². The maximum atomic E-state index is 13.4. The number of hydrogen-bond donors (Lipinski definition) is 1. The van der Waals surface area contributed by atoms with E-state index in [9.17, 15) is 14.7 Å². The lowest BCUT2D eigenvalue weighted by molar-refractivity contribution is -0.140. The number of Topliss-reactive ketones (excluding diaryl/α,β-unsaturated/α-hetero) is 1. The SMILES string of the molecule is COc1ccc(CN2C(=O)C(=O)/C(=C(\O)c3ccc(OC(C)C)cc3)C2c2cccc(OC(C)C)c2)cc1. The van der Waals surface area contributed by atoms with Crippen LogP contribution in [0.5, 0.6) is 17.2 Å². The molecule has 1 atom stereocenters. The molecule has 7 heteroatoms. The third-order valence-corrected chi connectivity index (χ3v) is 6.10. The summed E-state index contributed by atoms with van der Waals surface area (Å²) < 4.78 is 16.8. The molecule has 1 saturated heterocycles. The van der Waals surface area contributed by atoms with Crippen molar-refractivity contribution in [1.82, 2.24) is 4.90 Å². The van der Waals surface area contributed by atoms with Gasteiger partial charge >= 0.3 is 0 Å². The van der Waals surface area contributed by atoms with Crippen molar-refractivity contribution in [2.45, 2.75) is 52.5 Å². The number of carbonyl (C=O) groups excluding carboxylic acids is 2. The molecule has 0 bridgehead atoms. The van der Waals surface area contributed by atoms with Crippen molar-refractivity contribution in [3.63, 3.8) is 0 Å². The minimum absolute atomic E-state index is 0.00180. The molecular formula is C31H33NO6. The van der Waals surface area contributed by atoms with Crippen molar-refractivity contribution in [2.24, 2.45) is 0 Å². The molecule has 3 aromatic carbocycles. The van der Waals surface area contributed by atoms with E-state index in [4.69, 9.17) is 14.2 Å². The van der Waals surface area contributed by atoms with E-state index in [1.807, 2.05) is 64.1 Å². The molecule has 0 saturated carbocycles. The highest BCUT2D eigenvalue weighted by atomic mass is 16.5. The molecule has 0 aromatic heterocycles. The van der Waals surface area contributed by atoms with Crippen LogP contribution in [-0.4, -0.2) is 41.0 Å². The van der Waals surface area contributed by atoms with E-state index in [2.05, 4.69) is 0 Å². The Morgan fingerprint density at radius 3 is 2.05 bits per heavy atom. The predicted octanol–water partition coefficient (Wildman–Crippen LogP) is 5.89. The number of carbonyl (C=O) groups is 2. The zero-order valence-electron chi connectivity index (χ0n) is 22.3. The van der Waals surface area contributed by atoms with Crippen molar-refractivity contribution >= 4 is 17.4 Å². The Morgan fingerprint density at radius 1 is 0.842 bits per heavy atom. The van der Waals surface area contributed by atoms with Gasteiger partial charge in [-0.25, -0.2) is 0 Å². The monoisotopic (exact) mass is 515 g/mol. The summed E-state index contributed by atoms with van der Waals surface area (Å²) in [6.45, 7) is 7.88. The van der Waals surface area contributed by atoms with Crippen molar-refractivity contribution in [3.8, 4) is 17.2 Å². The van der Waals surface area contributed by atoms with Crippen LogP contribution in [0.4, 0.5) is 0 Å². The number of ether oxygens (including phenoxy) is 3. The summed E-state index contributed by atoms with van der Waals surface area (Å²) in [6.07, 6.45) is -0.0551. The number of rotatable bonds is 9. The fraction of sp³-hybridized carbons (Fsp3) is 0.290. The summed E-state index contributed by atoms with van der Waals surface area (Å²) in [6, 6.07) is 20.6. The lowest BCUT2D eigenvalue weighted by Crippen LogP contribution is -2.29. The molecule has 3 aromatic rings. The van der Waals surface area contributed by atoms with Gasteiger partial charge in [0.1, 0.15) is 23.0 Å². The van der Waals surface area contributed by atoms with Gasteiger partial charge in [0.25, 0.3) is 11.7 Å². The number of methoxy groups -OCH3 is 1. The maximum absolute atomic E-state index is 13.4. The van der Waals surface area contributed by atoms with E-state index in [0.29, 0.717) is 28.4 Å². The molecule has 0 spiro atoms. The molecule has 198 valence electrons. The van der Waals surface area contributed by atoms with Gasteiger partial charge in [-0.3, -0.25) is 9.59 Å². The summed E-state index contributed by atoms with van der Waals surface area (Å²) in [5.41, 5.74) is 1.94. The van der Waals surface area contributed by atoms with Crippen LogP contribution in [0.2, 0.25) is 0 Å². The number of hydrogen-bond acceptors (Lipinski definition) is 6. The third-order valence-electron chi connectivity index (χ3n) is 6.10. The normalized spacial score (nSPS) is 16.8. The molecule has 1 aliphatic heterocycles. The second-order valence-electron chi connectivity index (χ2n) is 9.71. The topological polar surface area (TPSA) is 85.3 Å². The highest BCUT2D eigenvalue weighted by molar-refractivity contribution is 6.46. The lowest BCUT2D eigenvalue weighted by Gasteiger charge is -2.26. The van der Waals surface area contributed by atoms with Crippen LogP contribution in [-0.2, 0) is 16.1 Å². The second kappa shape index (κ2) is 11.4. The summed E-state index contributed by atoms with van der Waals surface area (Å²) in [5.74, 6) is 0.294. The lowest BCUT2D eigenvalue weighted by atomic mass is 9.95. The van der Waals surface area contributed by atoms with Crippen molar-refractivity contribution in [3.05, 3.63) is 95.1 Å². The van der Waals surface area contributed by atoms with E-state index in [1.54, 1.807) is 43.5 Å². The van der Waals surface area contributed by atoms with Crippen LogP contribution in [0.15, 0.2) is 78.4 Å². The zero-order valence-corrected chi connectivity index (χ0v) is 22.3. The largest absolute Gasteiger partial charge is 0.507 e. The quantitative estimate of drug-likeness (QED) is 0.217. The molecule has 7 nitrogen and oxygen atoms in total. The number of aliphatic hydroxyl groups is 1. The van der Waals surface area contributed by atoms with Gasteiger partial charge < -0.3 is 24.2 Å². The van der Waals surface area contributed by atoms with Crippen molar-refractivity contribution in [2.75, 3.05) is 7.11 Å². The summed E-state index contributed by atoms with van der Waals surface area (Å²) in [7, 11) is 1.58. The number of likely N-dealkylation sites (tertiary alicyclic amines) is 1. The molecule has 1 fully saturated rings. The molecule has 4 rings (SSSR count). The highest BCUT2D eigenvalue weighted by Gasteiger charge is 2.46. The molecule has 1 unspecified atom stereocenters. The van der Waals surface area contributed by atoms with E-state index < -0.39 is 17.7 Å². The fourth-order valence-corrected chi connectivity index (χ4v) is 4.47. The Balaban J connectivity index is 1.80. The van der Waals surface area contributed by atoms with Gasteiger partial charge in [0.15, 0.2) is 0 Å². The molecule has 1 heterocycles. The van der Waals surface area contributed by atoms with Gasteiger partial charge in [-0.15, -0.1) is 0 Å². The van der Waals surface area contributed by atoms with Gasteiger partial charge in [0, 0.05) is 12.1 Å². The van der Waals surface area contributed by atoms with Crippen LogP contribution in [0.3, 0.4) is 0 Å². The van der Waals surface area contributed by atoms with E-state index >= 15 is 0 Å². The van der Waals surface area contributed by atoms with Gasteiger partial charge in [-0.2, -0.15) is 0 Å². The molecule has 38 heavy (non-hydrogen) atoms. The average molecular weight is 516 g/mol. The van der Waals surface area contributed by atoms with Gasteiger partial charge in [-0.05, 0) is 87.4 Å². The Bertz CT molecular complexity index is 1330. The Hall–Kier alpha value is -4.26. The second-order valence-corrected chi connectivity index (χ2v) is 9.71. The average Bonchev–Trinajstić information content (AvgIpc) is 3.13. The predicted molar refractivity (Wildman–Crippen MR) is 145 cm³/mol. The van der Waals surface area contributed by atoms with Crippen molar-refractivity contribution < 1.29 is 28.9 Å². The van der Waals surface area contributed by atoms with Crippen LogP contribution < -0.4 is 14.2 Å². The van der Waals surface area contributed by atoms with Crippen LogP contribution in [0.25, 0.3) is 5.76 Å². The fourth-order valence-electron chi connectivity index (χ4n) is 4.47. The molecule has 0 aliphatic carbocycles. The van der Waals surface area contributed by atoms with Gasteiger partial charge in [0.05, 0.1) is 30.9 Å². The zero-order chi connectivity index (χ0) is 27.4. The Kier molecular flexibility index (Phi) is 8.05. The minimum Gasteiger partial charge on any atom is -0.507 e. The standard InChI is InChI=1S/C31H33NO6/c1-19(2)37-25-15-11-22(12-16-25)29(33)27-28(23-7-6-8-26(17-23)38-20(3)4)32(31(35)30(27)34)18-21-9-13-24(36-5)14-10-21/h6-17,19-20,28,33H,18H2,1-5H3/b29-27-. The van der Waals surface area contributed by atoms with Crippen molar-refractivity contribution in [1.29, 1.82) is 0 Å². The summed E-state index contributed by atoms with van der Waals surface area (Å²) in [5, 5.41) is 11.4. The molecule has 1 N–H and O–H groups in total. The Labute approximate surface area is 223 Å². The first kappa shape index (κ1) is 26.8. The smallest absolute Gasteiger partial charge is 0.295 e. The minimum atomic E-state index is -0.806. The molecular weight excluding hydrogens is 482 g/mol. The van der Waals surface area contributed by atoms with E-state index in [1.165, 1.54) is 4.90 Å². The molecule has 1 aliphatic rings. The maximum Gasteiger partial charge on any atom is 0.295 e. The van der Waals surface area contributed by atoms with E-state index in [-0.39, 0.29) is 30.1 Å². The number of amides is 1. The van der Waals surface area contributed by atoms with Crippen LogP contribution in [0, 0.1) is 0 Å². The van der Waals surface area contributed by atoms with E-state index in [0.717, 1.165) is 5.56 Å². The summed E-state index contributed by atoms with van der Waals surface area (Å²) in [4.78, 5) is 28.2.